The first-order valence-corrected chi connectivity index (χ1v) is 12.0. The Bertz CT molecular complexity index is 1320. The molecule has 0 aliphatic heterocycles. The Morgan fingerprint density at radius 1 is 0.971 bits per heavy atom. The van der Waals surface area contributed by atoms with E-state index < -0.39 is 0 Å². The Hall–Kier alpha value is -2.71. The van der Waals surface area contributed by atoms with Gasteiger partial charge in [-0.1, -0.05) is 71.2 Å². The minimum Gasteiger partial charge on any atom is -0.490 e. The van der Waals surface area contributed by atoms with Gasteiger partial charge in [-0.3, -0.25) is 0 Å². The molecular formula is C24H21Cl3N4O2S. The number of hydrogen-bond acceptors (Lipinski definition) is 5. The van der Waals surface area contributed by atoms with Crippen LogP contribution in [0.3, 0.4) is 0 Å². The summed E-state index contributed by atoms with van der Waals surface area (Å²) in [5, 5.41) is 8.61. The number of nitrogens with one attached hydrogen (secondary N) is 2. The van der Waals surface area contributed by atoms with Gasteiger partial charge in [0.15, 0.2) is 17.3 Å². The van der Waals surface area contributed by atoms with E-state index in [4.69, 9.17) is 56.5 Å². The molecule has 4 rings (SSSR count). The van der Waals surface area contributed by atoms with Crippen molar-refractivity contribution >= 4 is 47.0 Å². The topological polar surface area (TPSA) is 64.1 Å². The number of hydrogen-bond donors (Lipinski definition) is 2. The Labute approximate surface area is 217 Å². The number of aromatic amines is 1. The van der Waals surface area contributed by atoms with Crippen molar-refractivity contribution in [2.24, 2.45) is 0 Å². The van der Waals surface area contributed by atoms with Crippen molar-refractivity contribution in [2.75, 3.05) is 12.0 Å². The SMILES string of the molecule is CCOc1cc(CNn2c(-c3ccccc3)n[nH]c2=S)cc(Cl)c1OCc1c(Cl)cccc1Cl. The predicted octanol–water partition coefficient (Wildman–Crippen LogP) is 7.29. The maximum Gasteiger partial charge on any atom is 0.214 e. The molecule has 3 aromatic carbocycles. The molecule has 0 saturated carbocycles. The number of rotatable bonds is 9. The molecule has 0 radical (unpaired) electrons. The Morgan fingerprint density at radius 2 is 1.71 bits per heavy atom. The highest BCUT2D eigenvalue weighted by molar-refractivity contribution is 7.71. The van der Waals surface area contributed by atoms with Gasteiger partial charge in [0, 0.05) is 21.2 Å². The van der Waals surface area contributed by atoms with E-state index in [1.165, 1.54) is 0 Å². The van der Waals surface area contributed by atoms with Gasteiger partial charge in [-0.05, 0) is 49.0 Å². The number of H-pyrrole nitrogens is 1. The van der Waals surface area contributed by atoms with Crippen LogP contribution in [-0.4, -0.2) is 21.5 Å². The third kappa shape index (κ3) is 5.50. The number of halogens is 3. The van der Waals surface area contributed by atoms with Crippen LogP contribution < -0.4 is 14.9 Å². The van der Waals surface area contributed by atoms with Crippen molar-refractivity contribution in [3.63, 3.8) is 0 Å². The summed E-state index contributed by atoms with van der Waals surface area (Å²) in [5.41, 5.74) is 5.77. The Morgan fingerprint density at radius 3 is 2.41 bits per heavy atom. The van der Waals surface area contributed by atoms with Crippen LogP contribution in [0.15, 0.2) is 60.7 Å². The van der Waals surface area contributed by atoms with Crippen LogP contribution in [0.4, 0.5) is 0 Å². The van der Waals surface area contributed by atoms with Gasteiger partial charge in [-0.25, -0.2) is 9.77 Å². The highest BCUT2D eigenvalue weighted by Crippen LogP contribution is 2.38. The second-order valence-electron chi connectivity index (χ2n) is 7.22. The highest BCUT2D eigenvalue weighted by atomic mass is 35.5. The first kappa shape index (κ1) is 24.4. The fraction of sp³-hybridized carbons (Fsp3) is 0.167. The summed E-state index contributed by atoms with van der Waals surface area (Å²) in [6.07, 6.45) is 0. The van der Waals surface area contributed by atoms with Crippen molar-refractivity contribution < 1.29 is 9.47 Å². The van der Waals surface area contributed by atoms with E-state index in [2.05, 4.69) is 15.6 Å². The van der Waals surface area contributed by atoms with Crippen molar-refractivity contribution in [1.29, 1.82) is 0 Å². The average molecular weight is 536 g/mol. The molecular weight excluding hydrogens is 515 g/mol. The molecule has 6 nitrogen and oxygen atoms in total. The monoisotopic (exact) mass is 534 g/mol. The van der Waals surface area contributed by atoms with Crippen LogP contribution in [0.1, 0.15) is 18.1 Å². The van der Waals surface area contributed by atoms with Gasteiger partial charge in [0.25, 0.3) is 0 Å². The average Bonchev–Trinajstić information content (AvgIpc) is 3.19. The van der Waals surface area contributed by atoms with E-state index >= 15 is 0 Å². The second-order valence-corrected chi connectivity index (χ2v) is 8.82. The zero-order valence-corrected chi connectivity index (χ0v) is 21.2. The fourth-order valence-corrected chi connectivity index (χ4v) is 4.33. The number of nitrogens with zero attached hydrogens (tertiary/aromatic N) is 2. The fourth-order valence-electron chi connectivity index (χ4n) is 3.34. The lowest BCUT2D eigenvalue weighted by Crippen LogP contribution is -2.16. The first-order chi connectivity index (χ1) is 16.5. The largest absolute Gasteiger partial charge is 0.490 e. The van der Waals surface area contributed by atoms with Crippen LogP contribution in [0.25, 0.3) is 11.4 Å². The quantitative estimate of drug-likeness (QED) is 0.220. The molecule has 0 aliphatic rings. The van der Waals surface area contributed by atoms with E-state index in [-0.39, 0.29) is 6.61 Å². The van der Waals surface area contributed by atoms with Crippen molar-refractivity contribution in [3.8, 4) is 22.9 Å². The van der Waals surface area contributed by atoms with Gasteiger partial charge in [-0.15, -0.1) is 0 Å². The minimum atomic E-state index is 0.153. The van der Waals surface area contributed by atoms with Gasteiger partial charge in [0.2, 0.25) is 4.77 Å². The molecule has 2 N–H and O–H groups in total. The summed E-state index contributed by atoms with van der Waals surface area (Å²) in [7, 11) is 0. The van der Waals surface area contributed by atoms with E-state index in [9.17, 15) is 0 Å². The standard InChI is InChI=1S/C24H21Cl3N4O2S/c1-2-32-21-12-15(11-20(27)22(21)33-14-17-18(25)9-6-10-19(17)26)13-28-31-23(29-30-24(31)34)16-7-4-3-5-8-16/h3-12,28H,2,13-14H2,1H3,(H,30,34). The number of benzene rings is 3. The van der Waals surface area contributed by atoms with E-state index in [0.29, 0.717) is 55.9 Å². The minimum absolute atomic E-state index is 0.153. The molecule has 0 saturated heterocycles. The summed E-state index contributed by atoms with van der Waals surface area (Å²) in [6.45, 7) is 2.91. The molecule has 0 atom stereocenters. The van der Waals surface area contributed by atoms with Crippen LogP contribution >= 0.6 is 47.0 Å². The lowest BCUT2D eigenvalue weighted by atomic mass is 10.2. The molecule has 1 heterocycles. The smallest absolute Gasteiger partial charge is 0.214 e. The third-order valence-electron chi connectivity index (χ3n) is 4.94. The number of aromatic nitrogens is 3. The van der Waals surface area contributed by atoms with E-state index in [1.807, 2.05) is 49.4 Å². The van der Waals surface area contributed by atoms with Crippen molar-refractivity contribution in [1.82, 2.24) is 14.9 Å². The van der Waals surface area contributed by atoms with Crippen LogP contribution in [0.2, 0.25) is 15.1 Å². The zero-order chi connectivity index (χ0) is 24.1. The predicted molar refractivity (Wildman–Crippen MR) is 139 cm³/mol. The molecule has 34 heavy (non-hydrogen) atoms. The van der Waals surface area contributed by atoms with Crippen LogP contribution in [0.5, 0.6) is 11.5 Å². The second kappa shape index (κ2) is 11.1. The highest BCUT2D eigenvalue weighted by Gasteiger charge is 2.16. The lowest BCUT2D eigenvalue weighted by Gasteiger charge is -2.17. The maximum absolute atomic E-state index is 6.59. The van der Waals surface area contributed by atoms with Gasteiger partial charge in [0.05, 0.1) is 18.2 Å². The summed E-state index contributed by atoms with van der Waals surface area (Å²) >= 11 is 24.5. The van der Waals surface area contributed by atoms with E-state index in [0.717, 1.165) is 11.1 Å². The summed E-state index contributed by atoms with van der Waals surface area (Å²) < 4.78 is 14.0. The summed E-state index contributed by atoms with van der Waals surface area (Å²) in [4.78, 5) is 0. The molecule has 10 heteroatoms. The normalized spacial score (nSPS) is 10.8. The molecule has 0 bridgehead atoms. The molecule has 1 aromatic heterocycles. The summed E-state index contributed by atoms with van der Waals surface area (Å²) in [6, 6.07) is 18.7. The van der Waals surface area contributed by atoms with Gasteiger partial charge < -0.3 is 14.9 Å². The molecule has 176 valence electrons. The molecule has 4 aromatic rings. The molecule has 0 aliphatic carbocycles. The van der Waals surface area contributed by atoms with Gasteiger partial charge >= 0.3 is 0 Å². The number of ether oxygens (including phenoxy) is 2. The maximum atomic E-state index is 6.59. The first-order valence-electron chi connectivity index (χ1n) is 10.5. The van der Waals surface area contributed by atoms with Crippen LogP contribution in [0, 0.1) is 4.77 Å². The van der Waals surface area contributed by atoms with Crippen molar-refractivity contribution in [3.05, 3.63) is 91.6 Å². The molecule has 0 unspecified atom stereocenters. The van der Waals surface area contributed by atoms with Crippen LogP contribution in [-0.2, 0) is 13.2 Å². The van der Waals surface area contributed by atoms with Gasteiger partial charge in [0.1, 0.15) is 6.61 Å². The zero-order valence-electron chi connectivity index (χ0n) is 18.1. The molecule has 0 spiro atoms. The lowest BCUT2D eigenvalue weighted by molar-refractivity contribution is 0.269. The Balaban J connectivity index is 1.56. The summed E-state index contributed by atoms with van der Waals surface area (Å²) in [5.74, 6) is 1.63. The molecule has 0 amide bonds. The molecule has 0 fully saturated rings. The Kier molecular flexibility index (Phi) is 8.00. The van der Waals surface area contributed by atoms with E-state index in [1.54, 1.807) is 22.9 Å². The van der Waals surface area contributed by atoms with Crippen molar-refractivity contribution in [2.45, 2.75) is 20.1 Å². The van der Waals surface area contributed by atoms with Gasteiger partial charge in [-0.2, -0.15) is 5.10 Å². The third-order valence-corrected chi connectivity index (χ3v) is 6.20.